The Labute approximate surface area is 196 Å². The van der Waals surface area contributed by atoms with Gasteiger partial charge in [-0.1, -0.05) is 71.0 Å². The maximum atomic E-state index is 13.5. The number of rotatable bonds is 7. The van der Waals surface area contributed by atoms with Gasteiger partial charge in [0.05, 0.1) is 17.0 Å². The van der Waals surface area contributed by atoms with E-state index in [9.17, 15) is 9.59 Å². The molecule has 0 saturated carbocycles. The molecule has 0 N–H and O–H groups in total. The summed E-state index contributed by atoms with van der Waals surface area (Å²) in [4.78, 5) is 31.2. The maximum absolute atomic E-state index is 13.5. The van der Waals surface area contributed by atoms with Gasteiger partial charge in [0.2, 0.25) is 5.76 Å². The molecule has 1 aliphatic heterocycles. The normalized spacial score (nSPS) is 16.1. The van der Waals surface area contributed by atoms with E-state index < -0.39 is 6.04 Å². The maximum Gasteiger partial charge on any atom is 0.290 e. The molecule has 0 saturated heterocycles. The van der Waals surface area contributed by atoms with Crippen molar-refractivity contribution in [3.05, 3.63) is 81.2 Å². The molecule has 0 radical (unpaired) electrons. The fraction of sp³-hybridized carbons (Fsp3) is 0.429. The number of carbonyl (C=O) groups is 1. The Morgan fingerprint density at radius 3 is 2.27 bits per heavy atom. The molecule has 1 amide bonds. The first-order valence-electron chi connectivity index (χ1n) is 12.0. The smallest absolute Gasteiger partial charge is 0.290 e. The largest absolute Gasteiger partial charge is 0.450 e. The van der Waals surface area contributed by atoms with Crippen molar-refractivity contribution in [3.8, 4) is 0 Å². The summed E-state index contributed by atoms with van der Waals surface area (Å²) in [5, 5.41) is 0.519. The predicted octanol–water partition coefficient (Wildman–Crippen LogP) is 5.37. The van der Waals surface area contributed by atoms with E-state index in [0.717, 1.165) is 31.6 Å². The Bertz CT molecular complexity index is 1200. The van der Waals surface area contributed by atoms with Crippen LogP contribution in [0.5, 0.6) is 0 Å². The summed E-state index contributed by atoms with van der Waals surface area (Å²) in [5.74, 6) is -0.0104. The van der Waals surface area contributed by atoms with E-state index in [2.05, 4.69) is 63.8 Å². The Kier molecular flexibility index (Phi) is 6.44. The van der Waals surface area contributed by atoms with E-state index in [0.29, 0.717) is 23.1 Å². The van der Waals surface area contributed by atoms with Gasteiger partial charge in [0.25, 0.3) is 5.91 Å². The first kappa shape index (κ1) is 23.2. The molecule has 174 valence electrons. The van der Waals surface area contributed by atoms with Crippen LogP contribution in [0.3, 0.4) is 0 Å². The lowest BCUT2D eigenvalue weighted by atomic mass is 9.86. The molecule has 1 atom stereocenters. The van der Waals surface area contributed by atoms with E-state index in [1.807, 2.05) is 17.0 Å². The highest BCUT2D eigenvalue weighted by Gasteiger charge is 2.42. The van der Waals surface area contributed by atoms with Crippen molar-refractivity contribution in [1.29, 1.82) is 0 Å². The molecule has 1 aliphatic rings. The SMILES string of the molecule is CCN(CC)CCCN1C(=O)c2oc3ccccc3c(=O)c2C1c1ccc(C(C)(C)C)cc1. The predicted molar refractivity (Wildman–Crippen MR) is 133 cm³/mol. The van der Waals surface area contributed by atoms with Crippen LogP contribution in [0.1, 0.15) is 74.3 Å². The second-order valence-electron chi connectivity index (χ2n) is 9.82. The van der Waals surface area contributed by atoms with E-state index >= 15 is 0 Å². The van der Waals surface area contributed by atoms with Crippen LogP contribution >= 0.6 is 0 Å². The molecule has 0 spiro atoms. The zero-order valence-corrected chi connectivity index (χ0v) is 20.4. The number of hydrogen-bond acceptors (Lipinski definition) is 4. The lowest BCUT2D eigenvalue weighted by molar-refractivity contribution is 0.0720. The van der Waals surface area contributed by atoms with Crippen molar-refractivity contribution in [3.63, 3.8) is 0 Å². The molecular weight excluding hydrogens is 412 g/mol. The van der Waals surface area contributed by atoms with E-state index in [1.165, 1.54) is 5.56 Å². The molecule has 5 heteroatoms. The molecule has 1 unspecified atom stereocenters. The van der Waals surface area contributed by atoms with Gasteiger partial charge >= 0.3 is 0 Å². The van der Waals surface area contributed by atoms with Crippen LogP contribution in [0.15, 0.2) is 57.7 Å². The third kappa shape index (κ3) is 4.34. The molecule has 3 aromatic rings. The molecule has 4 rings (SSSR count). The minimum atomic E-state index is -0.431. The van der Waals surface area contributed by atoms with Gasteiger partial charge in [-0.15, -0.1) is 0 Å². The molecule has 0 fully saturated rings. The van der Waals surface area contributed by atoms with Gasteiger partial charge in [0.1, 0.15) is 5.58 Å². The summed E-state index contributed by atoms with van der Waals surface area (Å²) in [7, 11) is 0. The number of fused-ring (bicyclic) bond motifs is 2. The van der Waals surface area contributed by atoms with Crippen LogP contribution in [0.2, 0.25) is 0 Å². The van der Waals surface area contributed by atoms with Crippen LogP contribution in [-0.2, 0) is 5.41 Å². The first-order chi connectivity index (χ1) is 15.8. The highest BCUT2D eigenvalue weighted by Crippen LogP contribution is 2.38. The molecule has 2 heterocycles. The fourth-order valence-electron chi connectivity index (χ4n) is 4.71. The van der Waals surface area contributed by atoms with E-state index in [-0.39, 0.29) is 22.5 Å². The van der Waals surface area contributed by atoms with Crippen LogP contribution in [0.4, 0.5) is 0 Å². The minimum absolute atomic E-state index is 0.0284. The summed E-state index contributed by atoms with van der Waals surface area (Å²) in [6.45, 7) is 14.3. The van der Waals surface area contributed by atoms with Gasteiger partial charge < -0.3 is 14.2 Å². The summed E-state index contributed by atoms with van der Waals surface area (Å²) < 4.78 is 6.03. The Balaban J connectivity index is 1.78. The fourth-order valence-corrected chi connectivity index (χ4v) is 4.71. The average Bonchev–Trinajstić information content (AvgIpc) is 3.08. The average molecular weight is 447 g/mol. The number of carbonyl (C=O) groups excluding carboxylic acids is 1. The Hall–Kier alpha value is -2.92. The van der Waals surface area contributed by atoms with Gasteiger partial charge in [-0.25, -0.2) is 0 Å². The second-order valence-corrected chi connectivity index (χ2v) is 9.82. The molecule has 5 nitrogen and oxygen atoms in total. The number of hydrogen-bond donors (Lipinski definition) is 0. The van der Waals surface area contributed by atoms with Crippen molar-refractivity contribution in [2.45, 2.75) is 52.5 Å². The number of para-hydroxylation sites is 1. The summed E-state index contributed by atoms with van der Waals surface area (Å²) in [6, 6.07) is 15.1. The van der Waals surface area contributed by atoms with Crippen molar-refractivity contribution in [1.82, 2.24) is 9.80 Å². The van der Waals surface area contributed by atoms with Crippen molar-refractivity contribution < 1.29 is 9.21 Å². The lowest BCUT2D eigenvalue weighted by Crippen LogP contribution is -2.33. The quantitative estimate of drug-likeness (QED) is 0.490. The van der Waals surface area contributed by atoms with Gasteiger partial charge in [0, 0.05) is 6.54 Å². The molecule has 33 heavy (non-hydrogen) atoms. The van der Waals surface area contributed by atoms with Gasteiger partial charge in [0.15, 0.2) is 5.43 Å². The van der Waals surface area contributed by atoms with Gasteiger partial charge in [-0.2, -0.15) is 0 Å². The molecule has 0 bridgehead atoms. The van der Waals surface area contributed by atoms with Gasteiger partial charge in [-0.3, -0.25) is 9.59 Å². The third-order valence-corrected chi connectivity index (χ3v) is 6.73. The number of amides is 1. The molecular formula is C28H34N2O3. The third-order valence-electron chi connectivity index (χ3n) is 6.73. The topological polar surface area (TPSA) is 53.8 Å². The van der Waals surface area contributed by atoms with Crippen molar-refractivity contribution >= 4 is 16.9 Å². The Morgan fingerprint density at radius 1 is 0.970 bits per heavy atom. The van der Waals surface area contributed by atoms with Crippen LogP contribution in [0.25, 0.3) is 11.0 Å². The molecule has 0 aliphatic carbocycles. The van der Waals surface area contributed by atoms with E-state index in [1.54, 1.807) is 12.1 Å². The lowest BCUT2D eigenvalue weighted by Gasteiger charge is -2.27. The van der Waals surface area contributed by atoms with Crippen molar-refractivity contribution in [2.24, 2.45) is 0 Å². The molecule has 2 aromatic carbocycles. The Morgan fingerprint density at radius 2 is 1.64 bits per heavy atom. The van der Waals surface area contributed by atoms with Crippen LogP contribution < -0.4 is 5.43 Å². The highest BCUT2D eigenvalue weighted by molar-refractivity contribution is 5.99. The van der Waals surface area contributed by atoms with Crippen LogP contribution in [0, 0.1) is 0 Å². The number of nitrogens with zero attached hydrogens (tertiary/aromatic N) is 2. The second kappa shape index (κ2) is 9.14. The summed E-state index contributed by atoms with van der Waals surface area (Å²) in [5.41, 5.74) is 3.00. The zero-order chi connectivity index (χ0) is 23.8. The van der Waals surface area contributed by atoms with Gasteiger partial charge in [-0.05, 0) is 54.7 Å². The summed E-state index contributed by atoms with van der Waals surface area (Å²) >= 11 is 0. The van der Waals surface area contributed by atoms with Crippen molar-refractivity contribution in [2.75, 3.05) is 26.2 Å². The zero-order valence-electron chi connectivity index (χ0n) is 20.4. The summed E-state index contributed by atoms with van der Waals surface area (Å²) in [6.07, 6.45) is 0.839. The molecule has 1 aromatic heterocycles. The van der Waals surface area contributed by atoms with E-state index in [4.69, 9.17) is 4.42 Å². The highest BCUT2D eigenvalue weighted by atomic mass is 16.3. The minimum Gasteiger partial charge on any atom is -0.450 e. The first-order valence-corrected chi connectivity index (χ1v) is 12.0. The number of benzene rings is 2. The van der Waals surface area contributed by atoms with Crippen LogP contribution in [-0.4, -0.2) is 41.9 Å². The standard InChI is InChI=1S/C28H34N2O3/c1-6-29(7-2)17-10-18-30-24(19-13-15-20(16-14-19)28(3,4)5)23-25(31)21-11-8-9-12-22(21)33-26(23)27(30)32/h8-9,11-16,24H,6-7,10,17-18H2,1-5H3. The monoisotopic (exact) mass is 446 g/mol.